The van der Waals surface area contributed by atoms with Crippen LogP contribution in [0.1, 0.15) is 20.8 Å². The van der Waals surface area contributed by atoms with Gasteiger partial charge in [0.1, 0.15) is 6.61 Å². The fraction of sp³-hybridized carbons (Fsp3) is 0.316. The molecule has 144 valence electrons. The average molecular weight is 345 g/mol. The third-order valence-corrected chi connectivity index (χ3v) is 1.24. The van der Waals surface area contributed by atoms with Crippen molar-refractivity contribution in [3.05, 3.63) is 78.9 Å². The highest BCUT2D eigenvalue weighted by Gasteiger charge is 2.24. The topological polar surface area (TPSA) is 75.8 Å². The fourth-order valence-corrected chi connectivity index (χ4v) is 0.476. The molecule has 0 aliphatic heterocycles. The smallest absolute Gasteiger partial charge is 0.424 e. The van der Waals surface area contributed by atoms with Crippen LogP contribution in [0, 0.1) is 0 Å². The summed E-state index contributed by atoms with van der Waals surface area (Å²) in [6.45, 7) is 41.1. The van der Waals surface area contributed by atoms with Gasteiger partial charge in [0.2, 0.25) is 0 Å². The minimum atomic E-state index is -0.628. The quantitative estimate of drug-likeness (QED) is 0.323. The van der Waals surface area contributed by atoms with E-state index in [0.29, 0.717) is 0 Å². The maximum absolute atomic E-state index is 11.0. The van der Waals surface area contributed by atoms with Crippen LogP contribution in [0.2, 0.25) is 0 Å². The zero-order valence-electron chi connectivity index (χ0n) is 16.2. The summed E-state index contributed by atoms with van der Waals surface area (Å²) in [5.74, 6) is 5.41. The number of carbonyl (C=O) groups excluding carboxylic acids is 1. The molecule has 0 heterocycles. The molecular weight excluding hydrogens is 304 g/mol. The molecule has 5 nitrogen and oxygen atoms in total. The number of hydrogen-bond donors (Lipinski definition) is 2. The van der Waals surface area contributed by atoms with Crippen LogP contribution in [0.5, 0.6) is 0 Å². The number of hydrogen-bond acceptors (Lipinski definition) is 4. The molecule has 0 radical (unpaired) electrons. The minimum Gasteiger partial charge on any atom is -0.446 e. The lowest BCUT2D eigenvalue weighted by Crippen LogP contribution is -2.50. The third-order valence-electron chi connectivity index (χ3n) is 1.24. The lowest BCUT2D eigenvalue weighted by atomic mass is 10.1. The standard InChI is InChI=1S/C7H16N2O3.6C2H4/c1-7(2,3)9(8)6(11)12-5-4-10;6*1-2/h10H,4-5,8H2,1-3H3;6*1-2H2. The van der Waals surface area contributed by atoms with Crippen molar-refractivity contribution in [3.63, 3.8) is 0 Å². The van der Waals surface area contributed by atoms with E-state index in [1.165, 1.54) is 0 Å². The van der Waals surface area contributed by atoms with E-state index in [2.05, 4.69) is 83.7 Å². The molecule has 0 aliphatic carbocycles. The molecule has 0 unspecified atom stereocenters. The molecular formula is C19H40N2O3. The number of rotatable bonds is 2. The van der Waals surface area contributed by atoms with Gasteiger partial charge >= 0.3 is 6.09 Å². The van der Waals surface area contributed by atoms with Crippen LogP contribution in [0.4, 0.5) is 4.79 Å². The van der Waals surface area contributed by atoms with Crippen LogP contribution in [0.25, 0.3) is 0 Å². The molecule has 0 spiro atoms. The van der Waals surface area contributed by atoms with Gasteiger partial charge in [0.05, 0.1) is 12.1 Å². The Morgan fingerprint density at radius 1 is 0.875 bits per heavy atom. The molecule has 1 amide bonds. The van der Waals surface area contributed by atoms with Gasteiger partial charge in [-0.3, -0.25) is 0 Å². The van der Waals surface area contributed by atoms with Crippen molar-refractivity contribution >= 4 is 6.09 Å². The maximum Gasteiger partial charge on any atom is 0.424 e. The SMILES string of the molecule is C=C.C=C.C=C.C=C.C=C.C=C.CC(C)(C)N(N)C(=O)OCCO. The third kappa shape index (κ3) is 50.4. The Hall–Kier alpha value is -2.37. The number of nitrogens with two attached hydrogens (primary N) is 1. The zero-order valence-corrected chi connectivity index (χ0v) is 16.2. The van der Waals surface area contributed by atoms with Crippen molar-refractivity contribution in [1.82, 2.24) is 5.01 Å². The first-order valence-corrected chi connectivity index (χ1v) is 6.72. The van der Waals surface area contributed by atoms with E-state index in [1.54, 1.807) is 20.8 Å². The van der Waals surface area contributed by atoms with Crippen LogP contribution in [-0.4, -0.2) is 35.0 Å². The Labute approximate surface area is 150 Å². The second-order valence-electron chi connectivity index (χ2n) is 3.38. The van der Waals surface area contributed by atoms with Gasteiger partial charge in [0.15, 0.2) is 0 Å². The zero-order chi connectivity index (χ0) is 21.8. The highest BCUT2D eigenvalue weighted by Crippen LogP contribution is 2.08. The van der Waals surface area contributed by atoms with Crippen LogP contribution in [-0.2, 0) is 4.74 Å². The number of carbonyl (C=O) groups is 1. The van der Waals surface area contributed by atoms with Crippen LogP contribution in [0.15, 0.2) is 78.9 Å². The number of aliphatic hydroxyl groups excluding tert-OH is 1. The van der Waals surface area contributed by atoms with Crippen molar-refractivity contribution in [3.8, 4) is 0 Å². The van der Waals surface area contributed by atoms with Gasteiger partial charge in [-0.2, -0.15) is 0 Å². The lowest BCUT2D eigenvalue weighted by Gasteiger charge is -2.29. The second-order valence-corrected chi connectivity index (χ2v) is 3.38. The summed E-state index contributed by atoms with van der Waals surface area (Å²) in [4.78, 5) is 11.0. The summed E-state index contributed by atoms with van der Waals surface area (Å²) < 4.78 is 4.59. The molecule has 0 fully saturated rings. The Morgan fingerprint density at radius 2 is 1.12 bits per heavy atom. The second kappa shape index (κ2) is 49.8. The average Bonchev–Trinajstić information content (AvgIpc) is 2.68. The number of nitrogens with zero attached hydrogens (tertiary/aromatic N) is 1. The van der Waals surface area contributed by atoms with E-state index >= 15 is 0 Å². The summed E-state index contributed by atoms with van der Waals surface area (Å²) in [6.07, 6.45) is -0.628. The van der Waals surface area contributed by atoms with E-state index in [0.717, 1.165) is 5.01 Å². The number of hydrazine groups is 1. The maximum atomic E-state index is 11.0. The first-order valence-electron chi connectivity index (χ1n) is 6.72. The van der Waals surface area contributed by atoms with Gasteiger partial charge in [0, 0.05) is 0 Å². The molecule has 0 saturated carbocycles. The first-order chi connectivity index (χ1) is 11.4. The largest absolute Gasteiger partial charge is 0.446 e. The van der Waals surface area contributed by atoms with E-state index in [-0.39, 0.29) is 13.2 Å². The van der Waals surface area contributed by atoms with Crippen LogP contribution < -0.4 is 5.84 Å². The van der Waals surface area contributed by atoms with E-state index in [4.69, 9.17) is 10.9 Å². The predicted molar refractivity (Wildman–Crippen MR) is 112 cm³/mol. The molecule has 5 heteroatoms. The summed E-state index contributed by atoms with van der Waals surface area (Å²) in [5.41, 5.74) is -0.466. The van der Waals surface area contributed by atoms with Gasteiger partial charge in [-0.1, -0.05) is 0 Å². The van der Waals surface area contributed by atoms with Crippen molar-refractivity contribution in [2.45, 2.75) is 26.3 Å². The van der Waals surface area contributed by atoms with Gasteiger partial charge in [-0.15, -0.1) is 78.9 Å². The minimum absolute atomic E-state index is 0.0252. The molecule has 0 aromatic rings. The molecule has 0 bridgehead atoms. The fourth-order valence-electron chi connectivity index (χ4n) is 0.476. The van der Waals surface area contributed by atoms with E-state index < -0.39 is 11.6 Å². The van der Waals surface area contributed by atoms with Gasteiger partial charge in [-0.05, 0) is 20.8 Å². The first kappa shape index (κ1) is 43.0. The lowest BCUT2D eigenvalue weighted by molar-refractivity contribution is 0.0557. The summed E-state index contributed by atoms with van der Waals surface area (Å²) in [7, 11) is 0. The van der Waals surface area contributed by atoms with Crippen LogP contribution in [0.3, 0.4) is 0 Å². The Bertz CT molecular complexity index is 214. The Kier molecular flexibility index (Phi) is 89.3. The molecule has 0 rings (SSSR count). The Balaban J connectivity index is -0.0000000404. The molecule has 24 heavy (non-hydrogen) atoms. The highest BCUT2D eigenvalue weighted by atomic mass is 16.6. The van der Waals surface area contributed by atoms with Crippen LogP contribution >= 0.6 is 0 Å². The normalized spacial score (nSPS) is 6.54. The van der Waals surface area contributed by atoms with Crippen molar-refractivity contribution in [1.29, 1.82) is 0 Å². The summed E-state index contributed by atoms with van der Waals surface area (Å²) >= 11 is 0. The molecule has 0 aliphatic rings. The predicted octanol–water partition coefficient (Wildman–Crippen LogP) is 4.90. The van der Waals surface area contributed by atoms with Gasteiger partial charge in [-0.25, -0.2) is 15.6 Å². The van der Waals surface area contributed by atoms with E-state index in [1.807, 2.05) is 0 Å². The molecule has 0 aromatic heterocycles. The summed E-state index contributed by atoms with van der Waals surface area (Å²) in [6, 6.07) is 0. The van der Waals surface area contributed by atoms with Gasteiger partial charge in [0.25, 0.3) is 0 Å². The number of amides is 1. The molecule has 3 N–H and O–H groups in total. The van der Waals surface area contributed by atoms with Crippen molar-refractivity contribution in [2.24, 2.45) is 5.84 Å². The Morgan fingerprint density at radius 3 is 1.29 bits per heavy atom. The number of aliphatic hydroxyl groups is 1. The number of ether oxygens (including phenoxy) is 1. The van der Waals surface area contributed by atoms with E-state index in [9.17, 15) is 4.79 Å². The molecule has 0 aromatic carbocycles. The van der Waals surface area contributed by atoms with Gasteiger partial charge < -0.3 is 9.84 Å². The molecule has 0 saturated heterocycles. The highest BCUT2D eigenvalue weighted by molar-refractivity contribution is 5.67. The van der Waals surface area contributed by atoms with Crippen molar-refractivity contribution in [2.75, 3.05) is 13.2 Å². The molecule has 0 atom stereocenters. The monoisotopic (exact) mass is 344 g/mol. The summed E-state index contributed by atoms with van der Waals surface area (Å²) in [5, 5.41) is 9.35. The van der Waals surface area contributed by atoms with Crippen molar-refractivity contribution < 1.29 is 14.6 Å².